The summed E-state index contributed by atoms with van der Waals surface area (Å²) >= 11 is 0. The van der Waals surface area contributed by atoms with Crippen molar-refractivity contribution in [3.05, 3.63) is 23.8 Å². The quantitative estimate of drug-likeness (QED) is 0.702. The summed E-state index contributed by atoms with van der Waals surface area (Å²) in [4.78, 5) is 2.15. The van der Waals surface area contributed by atoms with Crippen LogP contribution in [0.5, 0.6) is 0 Å². The average Bonchev–Trinajstić information content (AvgIpc) is 2.28. The molecule has 13 heavy (non-hydrogen) atoms. The van der Waals surface area contributed by atoms with E-state index in [0.717, 1.165) is 5.82 Å². The summed E-state index contributed by atoms with van der Waals surface area (Å²) in [5.74, 6) is 2.08. The van der Waals surface area contributed by atoms with Gasteiger partial charge in [0.05, 0.1) is 0 Å². The minimum atomic E-state index is 0.541. The minimum Gasteiger partial charge on any atom is -0.344 e. The van der Waals surface area contributed by atoms with Crippen LogP contribution in [-0.2, 0) is 0 Å². The van der Waals surface area contributed by atoms with Crippen molar-refractivity contribution in [1.29, 1.82) is 0 Å². The van der Waals surface area contributed by atoms with Crippen molar-refractivity contribution in [1.82, 2.24) is 10.2 Å². The van der Waals surface area contributed by atoms with Gasteiger partial charge < -0.3 is 10.2 Å². The van der Waals surface area contributed by atoms with E-state index in [4.69, 9.17) is 0 Å². The van der Waals surface area contributed by atoms with Crippen molar-refractivity contribution in [3.63, 3.8) is 0 Å². The summed E-state index contributed by atoms with van der Waals surface area (Å²) in [6.45, 7) is 12.8. The van der Waals surface area contributed by atoms with E-state index in [1.807, 2.05) is 0 Å². The van der Waals surface area contributed by atoms with Crippen molar-refractivity contribution in [2.45, 2.75) is 27.7 Å². The van der Waals surface area contributed by atoms with E-state index in [1.54, 1.807) is 0 Å². The van der Waals surface area contributed by atoms with Gasteiger partial charge >= 0.3 is 0 Å². The van der Waals surface area contributed by atoms with Gasteiger partial charge in [0.2, 0.25) is 0 Å². The highest BCUT2D eigenvalue weighted by molar-refractivity contribution is 5.28. The lowest BCUT2D eigenvalue weighted by atomic mass is 10.0. The Morgan fingerprint density at radius 3 is 2.00 bits per heavy atom. The maximum Gasteiger partial charge on any atom is 0.102 e. The van der Waals surface area contributed by atoms with Gasteiger partial charge in [0, 0.05) is 18.4 Å². The van der Waals surface area contributed by atoms with Gasteiger partial charge in [0.1, 0.15) is 5.82 Å². The molecule has 74 valence electrons. The Hall–Kier alpha value is -0.920. The Labute approximate surface area is 81.3 Å². The van der Waals surface area contributed by atoms with Crippen molar-refractivity contribution < 1.29 is 0 Å². The molecule has 0 aromatic carbocycles. The third-order valence-electron chi connectivity index (χ3n) is 2.45. The fourth-order valence-corrected chi connectivity index (χ4v) is 1.77. The molecule has 2 heteroatoms. The van der Waals surface area contributed by atoms with Crippen LogP contribution in [0, 0.1) is 11.8 Å². The molecule has 0 atom stereocenters. The van der Waals surface area contributed by atoms with E-state index in [9.17, 15) is 0 Å². The predicted octanol–water partition coefficient (Wildman–Crippen LogP) is 2.52. The summed E-state index contributed by atoms with van der Waals surface area (Å²) in [5, 5.41) is 3.35. The first-order valence-electron chi connectivity index (χ1n) is 4.88. The highest BCUT2D eigenvalue weighted by Gasteiger charge is 2.25. The second-order valence-electron chi connectivity index (χ2n) is 4.24. The Kier molecular flexibility index (Phi) is 2.69. The van der Waals surface area contributed by atoms with Crippen molar-refractivity contribution >= 4 is 0 Å². The van der Waals surface area contributed by atoms with Crippen LogP contribution >= 0.6 is 0 Å². The molecule has 0 saturated heterocycles. The van der Waals surface area contributed by atoms with Gasteiger partial charge in [-0.25, -0.2) is 0 Å². The largest absolute Gasteiger partial charge is 0.344 e. The zero-order valence-corrected chi connectivity index (χ0v) is 9.31. The predicted molar refractivity (Wildman–Crippen MR) is 56.7 cm³/mol. The van der Waals surface area contributed by atoms with E-state index in [1.165, 1.54) is 11.4 Å². The molecular formula is C11H20N2. The van der Waals surface area contributed by atoms with E-state index < -0.39 is 0 Å². The highest BCUT2D eigenvalue weighted by atomic mass is 15.3. The summed E-state index contributed by atoms with van der Waals surface area (Å²) in [5.41, 5.74) is 2.70. The van der Waals surface area contributed by atoms with Crippen molar-refractivity contribution in [2.75, 3.05) is 7.05 Å². The van der Waals surface area contributed by atoms with Crippen molar-refractivity contribution in [2.24, 2.45) is 11.8 Å². The highest BCUT2D eigenvalue weighted by Crippen LogP contribution is 2.29. The summed E-state index contributed by atoms with van der Waals surface area (Å²) in [7, 11) is 2.07. The van der Waals surface area contributed by atoms with Crippen LogP contribution in [-0.4, -0.2) is 11.9 Å². The zero-order valence-electron chi connectivity index (χ0n) is 9.31. The molecule has 0 radical (unpaired) electrons. The number of allylic oxidation sites excluding steroid dienone is 2. The van der Waals surface area contributed by atoms with Crippen molar-refractivity contribution in [3.8, 4) is 0 Å². The molecule has 1 N–H and O–H groups in total. The molecule has 2 nitrogen and oxygen atoms in total. The van der Waals surface area contributed by atoms with Crippen LogP contribution in [0.2, 0.25) is 0 Å². The maximum absolute atomic E-state index is 3.97. The second-order valence-corrected chi connectivity index (χ2v) is 4.24. The van der Waals surface area contributed by atoms with Gasteiger partial charge in [0.15, 0.2) is 0 Å². The molecule has 0 aromatic heterocycles. The Morgan fingerprint density at radius 1 is 1.15 bits per heavy atom. The molecule has 1 heterocycles. The van der Waals surface area contributed by atoms with Gasteiger partial charge in [-0.2, -0.15) is 0 Å². The lowest BCUT2D eigenvalue weighted by Gasteiger charge is -2.19. The molecule has 0 fully saturated rings. The molecule has 0 saturated carbocycles. The summed E-state index contributed by atoms with van der Waals surface area (Å²) in [6.07, 6.45) is 0. The van der Waals surface area contributed by atoms with Crippen LogP contribution in [0.4, 0.5) is 0 Å². The first kappa shape index (κ1) is 10.2. The zero-order chi connectivity index (χ0) is 10.2. The van der Waals surface area contributed by atoms with Crippen LogP contribution < -0.4 is 5.32 Å². The molecule has 0 aromatic rings. The number of rotatable bonds is 2. The normalized spacial score (nSPS) is 17.8. The van der Waals surface area contributed by atoms with E-state index >= 15 is 0 Å². The van der Waals surface area contributed by atoms with Crippen LogP contribution in [0.25, 0.3) is 0 Å². The second kappa shape index (κ2) is 3.44. The number of hydrogen-bond donors (Lipinski definition) is 1. The van der Waals surface area contributed by atoms with E-state index in [2.05, 4.69) is 51.5 Å². The van der Waals surface area contributed by atoms with Gasteiger partial charge in [-0.15, -0.1) is 0 Å². The molecule has 0 spiro atoms. The smallest absolute Gasteiger partial charge is 0.102 e. The number of nitrogens with zero attached hydrogens (tertiary/aromatic N) is 1. The Morgan fingerprint density at radius 2 is 1.69 bits per heavy atom. The molecule has 1 aliphatic heterocycles. The molecule has 1 aliphatic rings. The molecule has 1 rings (SSSR count). The molecular weight excluding hydrogens is 160 g/mol. The van der Waals surface area contributed by atoms with Gasteiger partial charge in [-0.1, -0.05) is 34.3 Å². The fraction of sp³-hybridized carbons (Fsp3) is 0.636. The monoisotopic (exact) mass is 180 g/mol. The third-order valence-corrected chi connectivity index (χ3v) is 2.45. The van der Waals surface area contributed by atoms with Crippen LogP contribution in [0.3, 0.4) is 0 Å². The Bertz CT molecular complexity index is 249. The first-order valence-corrected chi connectivity index (χ1v) is 4.88. The fourth-order valence-electron chi connectivity index (χ4n) is 1.77. The summed E-state index contributed by atoms with van der Waals surface area (Å²) in [6, 6.07) is 0. The maximum atomic E-state index is 3.97. The lowest BCUT2D eigenvalue weighted by molar-refractivity contribution is 0.467. The van der Waals surface area contributed by atoms with E-state index in [-0.39, 0.29) is 0 Å². The first-order chi connectivity index (χ1) is 5.95. The topological polar surface area (TPSA) is 15.3 Å². The SMILES string of the molecule is C=C1NC(C(C)C)=C(C(C)C)N1C. The average molecular weight is 180 g/mol. The molecule has 0 bridgehead atoms. The van der Waals surface area contributed by atoms with Crippen LogP contribution in [0.1, 0.15) is 27.7 Å². The lowest BCUT2D eigenvalue weighted by Crippen LogP contribution is -2.17. The van der Waals surface area contributed by atoms with Crippen LogP contribution in [0.15, 0.2) is 23.8 Å². The summed E-state index contributed by atoms with van der Waals surface area (Å²) < 4.78 is 0. The Balaban J connectivity index is 3.03. The number of hydrogen-bond acceptors (Lipinski definition) is 2. The molecule has 0 unspecified atom stereocenters. The third kappa shape index (κ3) is 1.71. The standard InChI is InChI=1S/C11H20N2/c1-7(2)10-11(8(3)4)13(6)9(5)12-10/h7-8,12H,5H2,1-4,6H3. The molecule has 0 aliphatic carbocycles. The molecule has 0 amide bonds. The van der Waals surface area contributed by atoms with Gasteiger partial charge in [0.25, 0.3) is 0 Å². The number of nitrogens with one attached hydrogen (secondary N) is 1. The van der Waals surface area contributed by atoms with Gasteiger partial charge in [-0.05, 0) is 11.8 Å². The van der Waals surface area contributed by atoms with E-state index in [0.29, 0.717) is 11.8 Å². The van der Waals surface area contributed by atoms with Gasteiger partial charge in [-0.3, -0.25) is 0 Å². The minimum absolute atomic E-state index is 0.541.